The standard InChI is InChI=1S/C21H22N4O3/c1-12-18-15(20(26)23-17(21(27)28)10-13-8-9-13)11-16(14-6-4-3-5-7-14)22-19(18)25(2)24-12/h3-7,11,13,17H,8-10H2,1-2H3,(H,23,26)(H,27,28). The Hall–Kier alpha value is -3.22. The second kappa shape index (κ2) is 7.07. The molecule has 3 aromatic rings. The summed E-state index contributed by atoms with van der Waals surface area (Å²) < 4.78 is 1.65. The van der Waals surface area contributed by atoms with Gasteiger partial charge < -0.3 is 10.4 Å². The van der Waals surface area contributed by atoms with Crippen LogP contribution in [0.4, 0.5) is 0 Å². The van der Waals surface area contributed by atoms with E-state index in [9.17, 15) is 14.7 Å². The number of amides is 1. The lowest BCUT2D eigenvalue weighted by molar-refractivity contribution is -0.139. The van der Waals surface area contributed by atoms with Crippen molar-refractivity contribution in [2.45, 2.75) is 32.2 Å². The van der Waals surface area contributed by atoms with E-state index in [0.717, 1.165) is 18.4 Å². The number of pyridine rings is 1. The third kappa shape index (κ3) is 3.47. The third-order valence-electron chi connectivity index (χ3n) is 5.15. The molecule has 0 radical (unpaired) electrons. The first-order valence-electron chi connectivity index (χ1n) is 9.37. The van der Waals surface area contributed by atoms with E-state index in [2.05, 4.69) is 15.4 Å². The maximum Gasteiger partial charge on any atom is 0.326 e. The summed E-state index contributed by atoms with van der Waals surface area (Å²) in [5, 5.41) is 17.3. The van der Waals surface area contributed by atoms with Gasteiger partial charge in [0.25, 0.3) is 5.91 Å². The van der Waals surface area contributed by atoms with Crippen LogP contribution in [-0.2, 0) is 11.8 Å². The topological polar surface area (TPSA) is 97.1 Å². The molecule has 0 bridgehead atoms. The largest absolute Gasteiger partial charge is 0.480 e. The van der Waals surface area contributed by atoms with Gasteiger partial charge in [0, 0.05) is 12.6 Å². The van der Waals surface area contributed by atoms with Gasteiger partial charge >= 0.3 is 5.97 Å². The normalized spacial score (nSPS) is 14.8. The van der Waals surface area contributed by atoms with Gasteiger partial charge in [0.2, 0.25) is 0 Å². The van der Waals surface area contributed by atoms with Crippen LogP contribution >= 0.6 is 0 Å². The average Bonchev–Trinajstić information content (AvgIpc) is 3.46. The Labute approximate surface area is 162 Å². The molecule has 144 valence electrons. The molecule has 1 fully saturated rings. The van der Waals surface area contributed by atoms with Gasteiger partial charge in [-0.3, -0.25) is 9.48 Å². The molecule has 7 nitrogen and oxygen atoms in total. The Balaban J connectivity index is 1.77. The number of aromatic nitrogens is 3. The van der Waals surface area contributed by atoms with E-state index in [1.165, 1.54) is 0 Å². The van der Waals surface area contributed by atoms with Gasteiger partial charge in [0.1, 0.15) is 6.04 Å². The van der Waals surface area contributed by atoms with Gasteiger partial charge in [-0.05, 0) is 25.3 Å². The minimum Gasteiger partial charge on any atom is -0.480 e. The number of carboxylic acid groups (broad SMARTS) is 1. The number of aliphatic carboxylic acids is 1. The van der Waals surface area contributed by atoms with Crippen LogP contribution in [0.15, 0.2) is 36.4 Å². The van der Waals surface area contributed by atoms with Crippen LogP contribution in [0.25, 0.3) is 22.3 Å². The molecule has 1 unspecified atom stereocenters. The molecule has 1 saturated carbocycles. The second-order valence-corrected chi connectivity index (χ2v) is 7.37. The van der Waals surface area contributed by atoms with Crippen LogP contribution in [0.5, 0.6) is 0 Å². The number of hydrogen-bond acceptors (Lipinski definition) is 4. The lowest BCUT2D eigenvalue weighted by atomic mass is 10.0. The molecule has 1 aliphatic carbocycles. The van der Waals surface area contributed by atoms with Crippen molar-refractivity contribution < 1.29 is 14.7 Å². The summed E-state index contributed by atoms with van der Waals surface area (Å²) in [6, 6.07) is 10.4. The fraction of sp³-hybridized carbons (Fsp3) is 0.333. The summed E-state index contributed by atoms with van der Waals surface area (Å²) in [4.78, 5) is 29.4. The molecule has 2 heterocycles. The number of hydrogen-bond donors (Lipinski definition) is 2. The minimum absolute atomic E-state index is 0.388. The van der Waals surface area contributed by atoms with E-state index in [0.29, 0.717) is 40.3 Å². The van der Waals surface area contributed by atoms with Gasteiger partial charge in [0.05, 0.1) is 22.3 Å². The molecule has 28 heavy (non-hydrogen) atoms. The van der Waals surface area contributed by atoms with Gasteiger partial charge in [0.15, 0.2) is 5.65 Å². The summed E-state index contributed by atoms with van der Waals surface area (Å²) in [6.45, 7) is 1.82. The van der Waals surface area contributed by atoms with Crippen molar-refractivity contribution in [2.24, 2.45) is 13.0 Å². The van der Waals surface area contributed by atoms with E-state index >= 15 is 0 Å². The quantitative estimate of drug-likeness (QED) is 0.687. The average molecular weight is 378 g/mol. The van der Waals surface area contributed by atoms with Gasteiger partial charge in [-0.1, -0.05) is 43.2 Å². The molecule has 2 N–H and O–H groups in total. The molecule has 0 aliphatic heterocycles. The van der Waals surface area contributed by atoms with Crippen molar-refractivity contribution in [3.05, 3.63) is 47.7 Å². The van der Waals surface area contributed by atoms with Crippen molar-refractivity contribution in [1.29, 1.82) is 0 Å². The van der Waals surface area contributed by atoms with E-state index < -0.39 is 17.9 Å². The number of benzene rings is 1. The zero-order valence-corrected chi connectivity index (χ0v) is 15.8. The second-order valence-electron chi connectivity index (χ2n) is 7.37. The number of carbonyl (C=O) groups is 2. The summed E-state index contributed by atoms with van der Waals surface area (Å²) in [5.41, 5.74) is 3.21. The number of carbonyl (C=O) groups excluding carboxylic acids is 1. The Morgan fingerprint density at radius 2 is 2.00 bits per heavy atom. The fourth-order valence-corrected chi connectivity index (χ4v) is 3.53. The summed E-state index contributed by atoms with van der Waals surface area (Å²) in [7, 11) is 1.78. The van der Waals surface area contributed by atoms with Crippen LogP contribution in [0.2, 0.25) is 0 Å². The summed E-state index contributed by atoms with van der Waals surface area (Å²) in [5.74, 6) is -1.02. The number of nitrogens with zero attached hydrogens (tertiary/aromatic N) is 3. The predicted molar refractivity (Wildman–Crippen MR) is 105 cm³/mol. The van der Waals surface area contributed by atoms with Crippen LogP contribution in [0.1, 0.15) is 35.3 Å². The number of nitrogens with one attached hydrogen (secondary N) is 1. The fourth-order valence-electron chi connectivity index (χ4n) is 3.53. The molecule has 1 aromatic carbocycles. The van der Waals surface area contributed by atoms with Crippen molar-refractivity contribution in [3.63, 3.8) is 0 Å². The predicted octanol–water partition coefficient (Wildman–Crippen LogP) is 2.93. The molecule has 7 heteroatoms. The highest BCUT2D eigenvalue weighted by Gasteiger charge is 2.31. The lowest BCUT2D eigenvalue weighted by Gasteiger charge is -2.15. The van der Waals surface area contributed by atoms with Crippen LogP contribution in [0.3, 0.4) is 0 Å². The molecular formula is C21H22N4O3. The van der Waals surface area contributed by atoms with Gasteiger partial charge in [-0.15, -0.1) is 0 Å². The van der Waals surface area contributed by atoms with E-state index in [1.807, 2.05) is 37.3 Å². The lowest BCUT2D eigenvalue weighted by Crippen LogP contribution is -2.41. The molecule has 1 amide bonds. The maximum absolute atomic E-state index is 13.1. The Bertz CT molecular complexity index is 1050. The van der Waals surface area contributed by atoms with E-state index in [4.69, 9.17) is 0 Å². The third-order valence-corrected chi connectivity index (χ3v) is 5.15. The van der Waals surface area contributed by atoms with Crippen LogP contribution in [0, 0.1) is 12.8 Å². The highest BCUT2D eigenvalue weighted by atomic mass is 16.4. The highest BCUT2D eigenvalue weighted by molar-refractivity contribution is 6.08. The number of rotatable bonds is 6. The Kier molecular flexibility index (Phi) is 4.58. The first-order chi connectivity index (χ1) is 13.4. The molecule has 4 rings (SSSR count). The SMILES string of the molecule is Cc1nn(C)c2nc(-c3ccccc3)cc(C(=O)NC(CC3CC3)C(=O)O)c12. The van der Waals surface area contributed by atoms with E-state index in [-0.39, 0.29) is 0 Å². The highest BCUT2D eigenvalue weighted by Crippen LogP contribution is 2.34. The molecule has 0 saturated heterocycles. The number of carboxylic acids is 1. The smallest absolute Gasteiger partial charge is 0.326 e. The zero-order valence-electron chi connectivity index (χ0n) is 15.8. The Morgan fingerprint density at radius 3 is 2.64 bits per heavy atom. The molecule has 2 aromatic heterocycles. The first-order valence-corrected chi connectivity index (χ1v) is 9.37. The molecule has 1 aliphatic rings. The van der Waals surface area contributed by atoms with Crippen molar-refractivity contribution in [2.75, 3.05) is 0 Å². The molecule has 0 spiro atoms. The summed E-state index contributed by atoms with van der Waals surface area (Å²) >= 11 is 0. The molecule has 1 atom stereocenters. The van der Waals surface area contributed by atoms with E-state index in [1.54, 1.807) is 17.8 Å². The van der Waals surface area contributed by atoms with Gasteiger partial charge in [-0.2, -0.15) is 5.10 Å². The van der Waals surface area contributed by atoms with Gasteiger partial charge in [-0.25, -0.2) is 9.78 Å². The molecular weight excluding hydrogens is 356 g/mol. The van der Waals surface area contributed by atoms with Crippen LogP contribution < -0.4 is 5.32 Å². The Morgan fingerprint density at radius 1 is 1.29 bits per heavy atom. The van der Waals surface area contributed by atoms with Crippen LogP contribution in [-0.4, -0.2) is 37.8 Å². The maximum atomic E-state index is 13.1. The summed E-state index contributed by atoms with van der Waals surface area (Å²) in [6.07, 6.45) is 2.52. The monoisotopic (exact) mass is 378 g/mol. The number of aryl methyl sites for hydroxylation is 2. The van der Waals surface area contributed by atoms with Crippen molar-refractivity contribution in [3.8, 4) is 11.3 Å². The zero-order chi connectivity index (χ0) is 19.8. The van der Waals surface area contributed by atoms with Crippen molar-refractivity contribution in [1.82, 2.24) is 20.1 Å². The number of fused-ring (bicyclic) bond motifs is 1. The van der Waals surface area contributed by atoms with Crippen molar-refractivity contribution >= 4 is 22.9 Å². The minimum atomic E-state index is -1.00. The first kappa shape index (κ1) is 18.2.